The molecule has 1 amide bonds. The molecule has 0 radical (unpaired) electrons. The van der Waals surface area contributed by atoms with Gasteiger partial charge in [-0.3, -0.25) is 9.89 Å². The summed E-state index contributed by atoms with van der Waals surface area (Å²) in [7, 11) is 0. The number of nitrogens with one attached hydrogen (secondary N) is 2. The molecule has 0 saturated carbocycles. The Hall–Kier alpha value is -1.85. The van der Waals surface area contributed by atoms with Gasteiger partial charge in [0.15, 0.2) is 0 Å². The number of halogens is 1. The van der Waals surface area contributed by atoms with Crippen molar-refractivity contribution in [3.8, 4) is 11.3 Å². The van der Waals surface area contributed by atoms with Crippen LogP contribution in [0.1, 0.15) is 30.1 Å². The molecule has 0 saturated heterocycles. The van der Waals surface area contributed by atoms with Crippen molar-refractivity contribution < 1.29 is 9.90 Å². The highest BCUT2D eigenvalue weighted by atomic mass is 35.5. The number of aromatic nitrogens is 2. The van der Waals surface area contributed by atoms with E-state index in [4.69, 9.17) is 16.7 Å². The molecule has 0 aliphatic heterocycles. The zero-order chi connectivity index (χ0) is 15.2. The van der Waals surface area contributed by atoms with Gasteiger partial charge in [-0.25, -0.2) is 0 Å². The van der Waals surface area contributed by atoms with Gasteiger partial charge in [0.05, 0.1) is 17.5 Å². The van der Waals surface area contributed by atoms with Gasteiger partial charge in [-0.2, -0.15) is 5.10 Å². The lowest BCUT2D eigenvalue weighted by atomic mass is 10.1. The van der Waals surface area contributed by atoms with E-state index in [0.29, 0.717) is 22.7 Å². The summed E-state index contributed by atoms with van der Waals surface area (Å²) in [6, 6.07) is 7.24. The average Bonchev–Trinajstić information content (AvgIpc) is 2.94. The minimum absolute atomic E-state index is 0.00763. The summed E-state index contributed by atoms with van der Waals surface area (Å²) in [6.45, 7) is 2.03. The molecule has 3 N–H and O–H groups in total. The first-order valence-electron chi connectivity index (χ1n) is 6.83. The minimum Gasteiger partial charge on any atom is -0.396 e. The van der Waals surface area contributed by atoms with Crippen LogP contribution in [0, 0.1) is 0 Å². The number of hydrogen-bond donors (Lipinski definition) is 3. The zero-order valence-corrected chi connectivity index (χ0v) is 12.5. The number of H-pyrrole nitrogens is 1. The number of nitrogens with zero attached hydrogens (tertiary/aromatic N) is 1. The van der Waals surface area contributed by atoms with Gasteiger partial charge in [0.2, 0.25) is 0 Å². The largest absolute Gasteiger partial charge is 0.396 e. The number of hydrogen-bond acceptors (Lipinski definition) is 3. The molecule has 1 heterocycles. The van der Waals surface area contributed by atoms with Gasteiger partial charge in [0.1, 0.15) is 0 Å². The maximum atomic E-state index is 12.3. The Morgan fingerprint density at radius 1 is 1.52 bits per heavy atom. The summed E-state index contributed by atoms with van der Waals surface area (Å²) in [5.74, 6) is -0.191. The highest BCUT2D eigenvalue weighted by molar-refractivity contribution is 6.30. The van der Waals surface area contributed by atoms with Gasteiger partial charge in [0, 0.05) is 23.2 Å². The SMILES string of the molecule is CC(CCCO)NC(=O)c1cn[nH]c1-c1cccc(Cl)c1. The van der Waals surface area contributed by atoms with Crippen molar-refractivity contribution in [2.45, 2.75) is 25.8 Å². The summed E-state index contributed by atoms with van der Waals surface area (Å²) in [5.41, 5.74) is 1.94. The Morgan fingerprint density at radius 3 is 3.05 bits per heavy atom. The first kappa shape index (κ1) is 15.5. The molecular weight excluding hydrogens is 290 g/mol. The van der Waals surface area contributed by atoms with Crippen molar-refractivity contribution in [1.82, 2.24) is 15.5 Å². The smallest absolute Gasteiger partial charge is 0.255 e. The fourth-order valence-electron chi connectivity index (χ4n) is 2.09. The van der Waals surface area contributed by atoms with Gasteiger partial charge in [0.25, 0.3) is 5.91 Å². The van der Waals surface area contributed by atoms with E-state index in [1.165, 1.54) is 6.20 Å². The molecule has 2 rings (SSSR count). The van der Waals surface area contributed by atoms with Crippen molar-refractivity contribution in [2.24, 2.45) is 0 Å². The molecule has 1 unspecified atom stereocenters. The third kappa shape index (κ3) is 4.06. The molecular formula is C15H18ClN3O2. The van der Waals surface area contributed by atoms with E-state index in [1.54, 1.807) is 12.1 Å². The molecule has 0 aliphatic rings. The van der Waals surface area contributed by atoms with Gasteiger partial charge >= 0.3 is 0 Å². The van der Waals surface area contributed by atoms with E-state index >= 15 is 0 Å². The number of aromatic amines is 1. The van der Waals surface area contributed by atoms with E-state index in [2.05, 4.69) is 15.5 Å². The summed E-state index contributed by atoms with van der Waals surface area (Å²) in [6.07, 6.45) is 2.89. The minimum atomic E-state index is -0.191. The van der Waals surface area contributed by atoms with Crippen molar-refractivity contribution >= 4 is 17.5 Å². The Morgan fingerprint density at radius 2 is 2.33 bits per heavy atom. The molecule has 0 aliphatic carbocycles. The number of rotatable bonds is 6. The highest BCUT2D eigenvalue weighted by Gasteiger charge is 2.17. The molecule has 21 heavy (non-hydrogen) atoms. The van der Waals surface area contributed by atoms with Crippen LogP contribution < -0.4 is 5.32 Å². The van der Waals surface area contributed by atoms with Gasteiger partial charge in [-0.1, -0.05) is 23.7 Å². The second-order valence-corrected chi connectivity index (χ2v) is 5.35. The number of aliphatic hydroxyl groups is 1. The standard InChI is InChI=1S/C15H18ClN3O2/c1-10(4-3-7-20)18-15(21)13-9-17-19-14(13)11-5-2-6-12(16)8-11/h2,5-6,8-10,20H,3-4,7H2,1H3,(H,17,19)(H,18,21). The fourth-order valence-corrected chi connectivity index (χ4v) is 2.28. The predicted octanol–water partition coefficient (Wildman–Crippen LogP) is 2.62. The Kier molecular flexibility index (Phi) is 5.36. The summed E-state index contributed by atoms with van der Waals surface area (Å²) in [5, 5.41) is 19.1. The summed E-state index contributed by atoms with van der Waals surface area (Å²) < 4.78 is 0. The Labute approximate surface area is 128 Å². The lowest BCUT2D eigenvalue weighted by Crippen LogP contribution is -2.32. The quantitative estimate of drug-likeness (QED) is 0.767. The number of carbonyl (C=O) groups is 1. The monoisotopic (exact) mass is 307 g/mol. The van der Waals surface area contributed by atoms with E-state index in [9.17, 15) is 4.79 Å². The van der Waals surface area contributed by atoms with Crippen LogP contribution in [0.15, 0.2) is 30.5 Å². The van der Waals surface area contributed by atoms with E-state index < -0.39 is 0 Å². The second kappa shape index (κ2) is 7.24. The zero-order valence-electron chi connectivity index (χ0n) is 11.8. The number of amides is 1. The van der Waals surface area contributed by atoms with E-state index in [-0.39, 0.29) is 18.6 Å². The van der Waals surface area contributed by atoms with Crippen molar-refractivity contribution in [1.29, 1.82) is 0 Å². The highest BCUT2D eigenvalue weighted by Crippen LogP contribution is 2.24. The Balaban J connectivity index is 2.15. The van der Waals surface area contributed by atoms with Crippen molar-refractivity contribution in [3.63, 3.8) is 0 Å². The summed E-state index contributed by atoms with van der Waals surface area (Å²) >= 11 is 5.98. The predicted molar refractivity (Wildman–Crippen MR) is 82.3 cm³/mol. The lowest BCUT2D eigenvalue weighted by Gasteiger charge is -2.13. The van der Waals surface area contributed by atoms with Crippen LogP contribution in [0.2, 0.25) is 5.02 Å². The van der Waals surface area contributed by atoms with E-state index in [1.807, 2.05) is 19.1 Å². The fraction of sp³-hybridized carbons (Fsp3) is 0.333. The van der Waals surface area contributed by atoms with Crippen molar-refractivity contribution in [2.75, 3.05) is 6.61 Å². The normalized spacial score (nSPS) is 12.1. The molecule has 1 atom stereocenters. The van der Waals surface area contributed by atoms with Gasteiger partial charge in [-0.15, -0.1) is 0 Å². The third-order valence-corrected chi connectivity index (χ3v) is 3.41. The molecule has 0 spiro atoms. The molecule has 0 bridgehead atoms. The molecule has 1 aromatic carbocycles. The first-order valence-corrected chi connectivity index (χ1v) is 7.20. The molecule has 2 aromatic rings. The molecule has 5 nitrogen and oxygen atoms in total. The van der Waals surface area contributed by atoms with Crippen LogP contribution in [0.5, 0.6) is 0 Å². The van der Waals surface area contributed by atoms with Crippen molar-refractivity contribution in [3.05, 3.63) is 41.0 Å². The van der Waals surface area contributed by atoms with Gasteiger partial charge in [-0.05, 0) is 31.9 Å². The van der Waals surface area contributed by atoms with Crippen LogP contribution in [-0.2, 0) is 0 Å². The molecule has 112 valence electrons. The van der Waals surface area contributed by atoms with Crippen LogP contribution in [-0.4, -0.2) is 33.9 Å². The molecule has 6 heteroatoms. The van der Waals surface area contributed by atoms with Crippen LogP contribution >= 0.6 is 11.6 Å². The van der Waals surface area contributed by atoms with Crippen LogP contribution in [0.25, 0.3) is 11.3 Å². The van der Waals surface area contributed by atoms with Crippen LogP contribution in [0.4, 0.5) is 0 Å². The third-order valence-electron chi connectivity index (χ3n) is 3.17. The average molecular weight is 308 g/mol. The molecule has 0 fully saturated rings. The molecule has 1 aromatic heterocycles. The van der Waals surface area contributed by atoms with Crippen LogP contribution in [0.3, 0.4) is 0 Å². The first-order chi connectivity index (χ1) is 10.1. The second-order valence-electron chi connectivity index (χ2n) is 4.91. The number of benzene rings is 1. The number of aliphatic hydroxyl groups excluding tert-OH is 1. The lowest BCUT2D eigenvalue weighted by molar-refractivity contribution is 0.0937. The Bertz CT molecular complexity index is 612. The summed E-state index contributed by atoms with van der Waals surface area (Å²) in [4.78, 5) is 12.3. The maximum Gasteiger partial charge on any atom is 0.255 e. The topological polar surface area (TPSA) is 78.0 Å². The number of carbonyl (C=O) groups excluding carboxylic acids is 1. The maximum absolute atomic E-state index is 12.3. The van der Waals surface area contributed by atoms with E-state index in [0.717, 1.165) is 12.0 Å². The van der Waals surface area contributed by atoms with Gasteiger partial charge < -0.3 is 10.4 Å².